The lowest BCUT2D eigenvalue weighted by Crippen LogP contribution is -2.33. The number of carbonyl (C=O) groups excluding carboxylic acids is 3. The fourth-order valence-electron chi connectivity index (χ4n) is 3.14. The molecule has 1 aliphatic rings. The highest BCUT2D eigenvalue weighted by Gasteiger charge is 2.35. The third-order valence-electron chi connectivity index (χ3n) is 4.64. The van der Waals surface area contributed by atoms with Gasteiger partial charge in [-0.3, -0.25) is 14.6 Å². The summed E-state index contributed by atoms with van der Waals surface area (Å²) in [5.41, 5.74) is 2.08. The summed E-state index contributed by atoms with van der Waals surface area (Å²) in [5.74, 6) is -0.979. The largest absolute Gasteiger partial charge is 0.497 e. The molecule has 3 aromatic rings. The van der Waals surface area contributed by atoms with Gasteiger partial charge in [-0.05, 0) is 43.3 Å². The van der Waals surface area contributed by atoms with Crippen LogP contribution < -0.4 is 4.74 Å². The van der Waals surface area contributed by atoms with Crippen molar-refractivity contribution in [3.05, 3.63) is 70.9 Å². The molecule has 0 bridgehead atoms. The van der Waals surface area contributed by atoms with E-state index in [-0.39, 0.29) is 5.56 Å². The van der Waals surface area contributed by atoms with Crippen molar-refractivity contribution in [2.24, 2.45) is 0 Å². The number of esters is 1. The number of pyridine rings is 1. The lowest BCUT2D eigenvalue weighted by Gasteiger charge is -2.14. The SMILES string of the molecule is COc1ccc2nc(C)c(C(=O)OCN3C(=O)c4ccccc4C3=O)cc2c1. The Morgan fingerprint density at radius 1 is 1.04 bits per heavy atom. The smallest absolute Gasteiger partial charge is 0.341 e. The second-order valence-electron chi connectivity index (χ2n) is 6.32. The highest BCUT2D eigenvalue weighted by Crippen LogP contribution is 2.24. The van der Waals surface area contributed by atoms with Crippen LogP contribution in [0.2, 0.25) is 0 Å². The van der Waals surface area contributed by atoms with E-state index in [0.717, 1.165) is 15.8 Å². The van der Waals surface area contributed by atoms with Gasteiger partial charge in [0.1, 0.15) is 5.75 Å². The minimum absolute atomic E-state index is 0.261. The van der Waals surface area contributed by atoms with Crippen molar-refractivity contribution in [3.8, 4) is 5.75 Å². The maximum atomic E-state index is 12.6. The van der Waals surface area contributed by atoms with E-state index in [0.29, 0.717) is 22.6 Å². The van der Waals surface area contributed by atoms with Gasteiger partial charge in [-0.2, -0.15) is 0 Å². The van der Waals surface area contributed by atoms with E-state index in [1.165, 1.54) is 0 Å². The lowest BCUT2D eigenvalue weighted by molar-refractivity contribution is 0.0227. The number of benzene rings is 2. The fourth-order valence-corrected chi connectivity index (χ4v) is 3.14. The molecule has 4 rings (SSSR count). The number of rotatable bonds is 4. The monoisotopic (exact) mass is 376 g/mol. The average molecular weight is 376 g/mol. The average Bonchev–Trinajstić information content (AvgIpc) is 2.95. The minimum Gasteiger partial charge on any atom is -0.497 e. The number of hydrogen-bond acceptors (Lipinski definition) is 6. The van der Waals surface area contributed by atoms with Crippen molar-refractivity contribution >= 4 is 28.7 Å². The fraction of sp³-hybridized carbons (Fsp3) is 0.143. The van der Waals surface area contributed by atoms with E-state index >= 15 is 0 Å². The van der Waals surface area contributed by atoms with Gasteiger partial charge in [0.25, 0.3) is 11.8 Å². The molecule has 0 N–H and O–H groups in total. The molecular weight excluding hydrogens is 360 g/mol. The normalized spacial score (nSPS) is 13.0. The molecule has 1 aromatic heterocycles. The summed E-state index contributed by atoms with van der Waals surface area (Å²) in [7, 11) is 1.56. The summed E-state index contributed by atoms with van der Waals surface area (Å²) >= 11 is 0. The van der Waals surface area contributed by atoms with Crippen LogP contribution >= 0.6 is 0 Å². The van der Waals surface area contributed by atoms with E-state index in [1.807, 2.05) is 0 Å². The number of fused-ring (bicyclic) bond motifs is 2. The van der Waals surface area contributed by atoms with Gasteiger partial charge in [0, 0.05) is 5.39 Å². The molecule has 28 heavy (non-hydrogen) atoms. The number of aryl methyl sites for hydroxylation is 1. The Balaban J connectivity index is 1.55. The van der Waals surface area contributed by atoms with E-state index in [4.69, 9.17) is 9.47 Å². The van der Waals surface area contributed by atoms with Crippen molar-refractivity contribution in [2.45, 2.75) is 6.92 Å². The van der Waals surface area contributed by atoms with Crippen LogP contribution in [0.5, 0.6) is 5.75 Å². The van der Waals surface area contributed by atoms with Gasteiger partial charge in [-0.15, -0.1) is 0 Å². The molecule has 140 valence electrons. The first-order valence-corrected chi connectivity index (χ1v) is 8.57. The van der Waals surface area contributed by atoms with E-state index in [2.05, 4.69) is 4.98 Å². The van der Waals surface area contributed by atoms with Crippen molar-refractivity contribution in [3.63, 3.8) is 0 Å². The number of nitrogens with zero attached hydrogens (tertiary/aromatic N) is 2. The lowest BCUT2D eigenvalue weighted by atomic mass is 10.1. The molecule has 0 spiro atoms. The standard InChI is InChI=1S/C21H16N2O5/c1-12-17(10-13-9-14(27-2)7-8-18(13)22-12)21(26)28-11-23-19(24)15-5-3-4-6-16(15)20(23)25/h3-10H,11H2,1-2H3. The van der Waals surface area contributed by atoms with Crippen LogP contribution in [0, 0.1) is 6.92 Å². The van der Waals surface area contributed by atoms with Gasteiger partial charge in [-0.25, -0.2) is 9.69 Å². The number of amides is 2. The van der Waals surface area contributed by atoms with Gasteiger partial charge in [-0.1, -0.05) is 12.1 Å². The van der Waals surface area contributed by atoms with Crippen LogP contribution in [0.15, 0.2) is 48.5 Å². The highest BCUT2D eigenvalue weighted by molar-refractivity contribution is 6.21. The van der Waals surface area contributed by atoms with Crippen molar-refractivity contribution in [2.75, 3.05) is 13.8 Å². The first kappa shape index (κ1) is 17.7. The molecule has 0 unspecified atom stereocenters. The zero-order valence-electron chi connectivity index (χ0n) is 15.3. The van der Waals surface area contributed by atoms with Crippen LogP contribution in [0.4, 0.5) is 0 Å². The summed E-state index contributed by atoms with van der Waals surface area (Å²) in [4.78, 5) is 42.6. The number of aromatic nitrogens is 1. The molecule has 1 aliphatic heterocycles. The van der Waals surface area contributed by atoms with Gasteiger partial charge in [0.05, 0.1) is 35.0 Å². The molecule has 0 radical (unpaired) electrons. The zero-order valence-corrected chi connectivity index (χ0v) is 15.3. The third-order valence-corrected chi connectivity index (χ3v) is 4.64. The summed E-state index contributed by atoms with van der Waals surface area (Å²) < 4.78 is 10.4. The van der Waals surface area contributed by atoms with E-state index in [9.17, 15) is 14.4 Å². The topological polar surface area (TPSA) is 85.8 Å². The van der Waals surface area contributed by atoms with Crippen LogP contribution in [-0.4, -0.2) is 41.5 Å². The van der Waals surface area contributed by atoms with Crippen LogP contribution in [0.25, 0.3) is 10.9 Å². The second-order valence-corrected chi connectivity index (χ2v) is 6.32. The predicted molar refractivity (Wildman–Crippen MR) is 100 cm³/mol. The molecule has 2 aromatic carbocycles. The van der Waals surface area contributed by atoms with Crippen molar-refractivity contribution < 1.29 is 23.9 Å². The number of imide groups is 1. The van der Waals surface area contributed by atoms with Crippen molar-refractivity contribution in [1.82, 2.24) is 9.88 Å². The van der Waals surface area contributed by atoms with Crippen LogP contribution in [0.1, 0.15) is 36.8 Å². The molecule has 0 saturated heterocycles. The maximum Gasteiger partial charge on any atom is 0.341 e. The second kappa shape index (κ2) is 6.77. The van der Waals surface area contributed by atoms with Crippen molar-refractivity contribution in [1.29, 1.82) is 0 Å². The Kier molecular flexibility index (Phi) is 4.27. The van der Waals surface area contributed by atoms with Crippen LogP contribution in [-0.2, 0) is 4.74 Å². The molecule has 7 heteroatoms. The van der Waals surface area contributed by atoms with Crippen LogP contribution in [0.3, 0.4) is 0 Å². The summed E-state index contributed by atoms with van der Waals surface area (Å²) in [5, 5.41) is 0.720. The summed E-state index contributed by atoms with van der Waals surface area (Å²) in [6.45, 7) is 1.24. The zero-order chi connectivity index (χ0) is 19.8. The predicted octanol–water partition coefficient (Wildman–Crippen LogP) is 2.96. The maximum absolute atomic E-state index is 12.6. The Morgan fingerprint density at radius 2 is 1.71 bits per heavy atom. The first-order chi connectivity index (χ1) is 13.5. The number of ether oxygens (including phenoxy) is 2. The Hall–Kier alpha value is -3.74. The molecule has 7 nitrogen and oxygen atoms in total. The summed E-state index contributed by atoms with van der Waals surface area (Å²) in [6, 6.07) is 13.5. The minimum atomic E-state index is -0.661. The van der Waals surface area contributed by atoms with Gasteiger partial charge in [0.15, 0.2) is 6.73 Å². The highest BCUT2D eigenvalue weighted by atomic mass is 16.5. The Morgan fingerprint density at radius 3 is 2.36 bits per heavy atom. The van der Waals surface area contributed by atoms with Gasteiger partial charge in [0.2, 0.25) is 0 Å². The molecule has 0 fully saturated rings. The molecule has 0 aliphatic carbocycles. The number of hydrogen-bond donors (Lipinski definition) is 0. The number of carbonyl (C=O) groups is 3. The third kappa shape index (κ3) is 2.87. The summed E-state index contributed by atoms with van der Waals surface area (Å²) in [6.07, 6.45) is 0. The first-order valence-electron chi connectivity index (χ1n) is 8.57. The molecule has 0 atom stereocenters. The molecule has 2 amide bonds. The van der Waals surface area contributed by atoms with Gasteiger partial charge >= 0.3 is 5.97 Å². The Bertz CT molecular complexity index is 1100. The quantitative estimate of drug-likeness (QED) is 0.514. The van der Waals surface area contributed by atoms with E-state index < -0.39 is 24.5 Å². The van der Waals surface area contributed by atoms with E-state index in [1.54, 1.807) is 62.6 Å². The Labute approximate surface area is 160 Å². The molecule has 2 heterocycles. The molecule has 0 saturated carbocycles. The molecular formula is C21H16N2O5. The number of methoxy groups -OCH3 is 1. The van der Waals surface area contributed by atoms with Gasteiger partial charge < -0.3 is 9.47 Å².